The second-order valence-electron chi connectivity index (χ2n) is 3.42. The third-order valence-corrected chi connectivity index (χ3v) is 2.51. The van der Waals surface area contributed by atoms with Gasteiger partial charge >= 0.3 is 0 Å². The van der Waals surface area contributed by atoms with E-state index in [0.717, 1.165) is 13.1 Å². The minimum Gasteiger partial charge on any atom is -0.497 e. The summed E-state index contributed by atoms with van der Waals surface area (Å²) in [5, 5.41) is 0. The van der Waals surface area contributed by atoms with Crippen molar-refractivity contribution in [1.82, 2.24) is 0 Å². The van der Waals surface area contributed by atoms with Crippen LogP contribution >= 0.6 is 0 Å². The van der Waals surface area contributed by atoms with E-state index in [1.807, 2.05) is 4.90 Å². The van der Waals surface area contributed by atoms with E-state index in [4.69, 9.17) is 9.47 Å². The Kier molecular flexibility index (Phi) is 3.06. The average Bonchev–Trinajstić information content (AvgIpc) is 2.30. The third-order valence-electron chi connectivity index (χ3n) is 2.51. The van der Waals surface area contributed by atoms with Crippen molar-refractivity contribution < 1.29 is 13.9 Å². The maximum atomic E-state index is 13.7. The Morgan fingerprint density at radius 3 is 2.67 bits per heavy atom. The quantitative estimate of drug-likeness (QED) is 0.742. The van der Waals surface area contributed by atoms with Gasteiger partial charge in [0.25, 0.3) is 0 Å². The monoisotopic (exact) mass is 211 g/mol. The van der Waals surface area contributed by atoms with E-state index in [-0.39, 0.29) is 5.82 Å². The van der Waals surface area contributed by atoms with Gasteiger partial charge in [-0.2, -0.15) is 0 Å². The highest BCUT2D eigenvalue weighted by atomic mass is 19.1. The zero-order chi connectivity index (χ0) is 10.7. The molecular weight excluding hydrogens is 197 g/mol. The first-order valence-electron chi connectivity index (χ1n) is 4.97. The lowest BCUT2D eigenvalue weighted by Crippen LogP contribution is -2.36. The number of rotatable bonds is 2. The summed E-state index contributed by atoms with van der Waals surface area (Å²) in [6.45, 7) is 2.80. The summed E-state index contributed by atoms with van der Waals surface area (Å²) in [4.78, 5) is 1.98. The summed E-state index contributed by atoms with van der Waals surface area (Å²) < 4.78 is 23.8. The zero-order valence-electron chi connectivity index (χ0n) is 8.70. The number of anilines is 1. The molecule has 0 unspecified atom stereocenters. The van der Waals surface area contributed by atoms with Crippen molar-refractivity contribution in [3.8, 4) is 5.75 Å². The van der Waals surface area contributed by atoms with Gasteiger partial charge in [-0.3, -0.25) is 0 Å². The van der Waals surface area contributed by atoms with Gasteiger partial charge in [-0.15, -0.1) is 0 Å². The fourth-order valence-corrected chi connectivity index (χ4v) is 1.68. The number of halogens is 1. The van der Waals surface area contributed by atoms with Crippen LogP contribution in [0.3, 0.4) is 0 Å². The molecule has 0 radical (unpaired) electrons. The van der Waals surface area contributed by atoms with Crippen LogP contribution in [-0.4, -0.2) is 33.4 Å². The van der Waals surface area contributed by atoms with Gasteiger partial charge in [0.2, 0.25) is 0 Å². The Hall–Kier alpha value is -1.29. The molecule has 1 heterocycles. The van der Waals surface area contributed by atoms with Crippen LogP contribution < -0.4 is 9.64 Å². The van der Waals surface area contributed by atoms with E-state index < -0.39 is 0 Å². The largest absolute Gasteiger partial charge is 0.497 e. The van der Waals surface area contributed by atoms with E-state index in [1.165, 1.54) is 13.2 Å². The maximum Gasteiger partial charge on any atom is 0.150 e. The lowest BCUT2D eigenvalue weighted by Gasteiger charge is -2.29. The number of nitrogens with zero attached hydrogens (tertiary/aromatic N) is 1. The molecule has 82 valence electrons. The summed E-state index contributed by atoms with van der Waals surface area (Å²) >= 11 is 0. The summed E-state index contributed by atoms with van der Waals surface area (Å²) in [7, 11) is 1.53. The molecular formula is C11H14FNO2. The SMILES string of the molecule is COc1ccc(N2CCOCC2)c(F)c1. The van der Waals surface area contributed by atoms with Gasteiger partial charge in [-0.25, -0.2) is 4.39 Å². The van der Waals surface area contributed by atoms with E-state index in [2.05, 4.69) is 0 Å². The van der Waals surface area contributed by atoms with Crippen molar-refractivity contribution in [2.24, 2.45) is 0 Å². The third kappa shape index (κ3) is 2.21. The smallest absolute Gasteiger partial charge is 0.150 e. The topological polar surface area (TPSA) is 21.7 Å². The number of benzene rings is 1. The summed E-state index contributed by atoms with van der Waals surface area (Å²) in [6, 6.07) is 4.93. The Labute approximate surface area is 88.4 Å². The van der Waals surface area contributed by atoms with Crippen LogP contribution in [-0.2, 0) is 4.74 Å². The van der Waals surface area contributed by atoms with Crippen LogP contribution in [0.15, 0.2) is 18.2 Å². The summed E-state index contributed by atoms with van der Waals surface area (Å²) in [5.74, 6) is 0.306. The molecule has 0 aromatic heterocycles. The van der Waals surface area contributed by atoms with Crippen LogP contribution in [0.5, 0.6) is 5.75 Å². The Morgan fingerprint density at radius 1 is 1.33 bits per heavy atom. The maximum absolute atomic E-state index is 13.7. The van der Waals surface area contributed by atoms with Crippen LogP contribution in [0.2, 0.25) is 0 Å². The molecule has 15 heavy (non-hydrogen) atoms. The van der Waals surface area contributed by atoms with Gasteiger partial charge < -0.3 is 14.4 Å². The second-order valence-corrected chi connectivity index (χ2v) is 3.42. The predicted octanol–water partition coefficient (Wildman–Crippen LogP) is 1.67. The highest BCUT2D eigenvalue weighted by Crippen LogP contribution is 2.24. The molecule has 1 aromatic carbocycles. The van der Waals surface area contributed by atoms with E-state index in [9.17, 15) is 4.39 Å². The Balaban J connectivity index is 2.19. The van der Waals surface area contributed by atoms with Crippen molar-refractivity contribution >= 4 is 5.69 Å². The highest BCUT2D eigenvalue weighted by molar-refractivity contribution is 5.50. The molecule has 1 aliphatic rings. The fourth-order valence-electron chi connectivity index (χ4n) is 1.68. The molecule has 0 saturated carbocycles. The number of hydrogen-bond donors (Lipinski definition) is 0. The number of hydrogen-bond acceptors (Lipinski definition) is 3. The van der Waals surface area contributed by atoms with E-state index >= 15 is 0 Å². The molecule has 2 rings (SSSR count). The van der Waals surface area contributed by atoms with Crippen molar-refractivity contribution in [3.63, 3.8) is 0 Å². The van der Waals surface area contributed by atoms with Gasteiger partial charge in [0.05, 0.1) is 26.0 Å². The first-order valence-corrected chi connectivity index (χ1v) is 4.97. The lowest BCUT2D eigenvalue weighted by atomic mass is 10.2. The molecule has 0 amide bonds. The van der Waals surface area contributed by atoms with Crippen LogP contribution in [0.4, 0.5) is 10.1 Å². The zero-order valence-corrected chi connectivity index (χ0v) is 8.70. The van der Waals surface area contributed by atoms with Crippen molar-refractivity contribution in [1.29, 1.82) is 0 Å². The summed E-state index contributed by atoms with van der Waals surface area (Å²) in [6.07, 6.45) is 0. The van der Waals surface area contributed by atoms with Gasteiger partial charge in [0.15, 0.2) is 0 Å². The normalized spacial score (nSPS) is 16.5. The number of morpholine rings is 1. The summed E-state index contributed by atoms with van der Waals surface area (Å²) in [5.41, 5.74) is 0.624. The highest BCUT2D eigenvalue weighted by Gasteiger charge is 2.15. The van der Waals surface area contributed by atoms with Gasteiger partial charge in [-0.1, -0.05) is 0 Å². The minimum absolute atomic E-state index is 0.240. The molecule has 0 bridgehead atoms. The van der Waals surface area contributed by atoms with E-state index in [0.29, 0.717) is 24.7 Å². The van der Waals surface area contributed by atoms with Gasteiger partial charge in [-0.05, 0) is 12.1 Å². The van der Waals surface area contributed by atoms with Crippen molar-refractivity contribution in [2.45, 2.75) is 0 Å². The van der Waals surface area contributed by atoms with Crippen molar-refractivity contribution in [3.05, 3.63) is 24.0 Å². The van der Waals surface area contributed by atoms with Crippen LogP contribution in [0, 0.1) is 5.82 Å². The first kappa shape index (κ1) is 10.2. The molecule has 0 aliphatic carbocycles. The lowest BCUT2D eigenvalue weighted by molar-refractivity contribution is 0.122. The van der Waals surface area contributed by atoms with Crippen LogP contribution in [0.25, 0.3) is 0 Å². The Bertz CT molecular complexity index is 337. The molecule has 0 spiro atoms. The fraction of sp³-hybridized carbons (Fsp3) is 0.455. The second kappa shape index (κ2) is 4.49. The molecule has 1 saturated heterocycles. The standard InChI is InChI=1S/C11H14FNO2/c1-14-9-2-3-11(10(12)8-9)13-4-6-15-7-5-13/h2-3,8H,4-7H2,1H3. The minimum atomic E-state index is -0.240. The average molecular weight is 211 g/mol. The molecule has 0 N–H and O–H groups in total. The number of ether oxygens (including phenoxy) is 2. The molecule has 1 fully saturated rings. The first-order chi connectivity index (χ1) is 7.31. The molecule has 1 aromatic rings. The van der Waals surface area contributed by atoms with Crippen LogP contribution in [0.1, 0.15) is 0 Å². The van der Waals surface area contributed by atoms with E-state index in [1.54, 1.807) is 12.1 Å². The molecule has 3 nitrogen and oxygen atoms in total. The van der Waals surface area contributed by atoms with Crippen molar-refractivity contribution in [2.75, 3.05) is 38.3 Å². The molecule has 0 atom stereocenters. The molecule has 1 aliphatic heterocycles. The molecule has 4 heteroatoms. The predicted molar refractivity (Wildman–Crippen MR) is 56.0 cm³/mol. The Morgan fingerprint density at radius 2 is 2.07 bits per heavy atom. The van der Waals surface area contributed by atoms with Gasteiger partial charge in [0, 0.05) is 19.2 Å². The number of methoxy groups -OCH3 is 1. The van der Waals surface area contributed by atoms with Gasteiger partial charge in [0.1, 0.15) is 11.6 Å².